The minimum Gasteiger partial charge on any atom is -0.0622 e. The second-order valence-electron chi connectivity index (χ2n) is 4.30. The molecule has 16 heavy (non-hydrogen) atoms. The van der Waals surface area contributed by atoms with Crippen LogP contribution < -0.4 is 5.30 Å². The van der Waals surface area contributed by atoms with Gasteiger partial charge in [-0.05, 0) is 41.4 Å². The predicted molar refractivity (Wildman–Crippen MR) is 70.1 cm³/mol. The maximum absolute atomic E-state index is 2.28. The molecule has 0 amide bonds. The predicted octanol–water partition coefficient (Wildman–Crippen LogP) is 3.73. The van der Waals surface area contributed by atoms with Crippen LogP contribution in [0.25, 0.3) is 5.31 Å². The second kappa shape index (κ2) is 3.06. The second-order valence-corrected chi connectivity index (χ2v) is 6.47. The lowest BCUT2D eigenvalue weighted by atomic mass is 10.1. The fourth-order valence-corrected chi connectivity index (χ4v) is 5.16. The van der Waals surface area contributed by atoms with Gasteiger partial charge in [0.2, 0.25) is 0 Å². The molecule has 76 valence electrons. The molecule has 0 N–H and O–H groups in total. The molecule has 2 aromatic rings. The molecular weight excluding hydrogens is 211 g/mol. The zero-order valence-corrected chi connectivity index (χ0v) is 9.74. The van der Waals surface area contributed by atoms with Gasteiger partial charge in [-0.15, -0.1) is 0 Å². The van der Waals surface area contributed by atoms with Crippen molar-refractivity contribution in [2.45, 2.75) is 6.42 Å². The van der Waals surface area contributed by atoms with E-state index in [0.29, 0.717) is 0 Å². The SMILES string of the molecule is c1ccc(P2C3=C2c2ccccc2C3)cc1. The van der Waals surface area contributed by atoms with Crippen LogP contribution in [0.5, 0.6) is 0 Å². The zero-order chi connectivity index (χ0) is 10.5. The van der Waals surface area contributed by atoms with Crippen LogP contribution in [0.15, 0.2) is 59.9 Å². The van der Waals surface area contributed by atoms with E-state index in [1.807, 2.05) is 0 Å². The molecule has 0 spiro atoms. The lowest BCUT2D eigenvalue weighted by Gasteiger charge is -2.09. The van der Waals surface area contributed by atoms with Crippen LogP contribution in [0.2, 0.25) is 0 Å². The summed E-state index contributed by atoms with van der Waals surface area (Å²) in [7, 11) is -0.0368. The minimum absolute atomic E-state index is 0.0368. The normalized spacial score (nSPS) is 20.6. The van der Waals surface area contributed by atoms with E-state index < -0.39 is 0 Å². The molecule has 2 aromatic carbocycles. The third-order valence-electron chi connectivity index (χ3n) is 3.36. The molecule has 4 rings (SSSR count). The topological polar surface area (TPSA) is 0 Å². The van der Waals surface area contributed by atoms with Crippen molar-refractivity contribution in [3.8, 4) is 0 Å². The Kier molecular flexibility index (Phi) is 1.67. The average molecular weight is 222 g/mol. The Balaban J connectivity index is 1.74. The first kappa shape index (κ1) is 8.73. The third kappa shape index (κ3) is 1.08. The number of hydrogen-bond donors (Lipinski definition) is 0. The Morgan fingerprint density at radius 1 is 0.812 bits per heavy atom. The molecular formula is C15H11P. The van der Waals surface area contributed by atoms with Gasteiger partial charge in [-0.1, -0.05) is 54.6 Å². The van der Waals surface area contributed by atoms with E-state index in [1.165, 1.54) is 22.9 Å². The van der Waals surface area contributed by atoms with Crippen molar-refractivity contribution >= 4 is 18.5 Å². The molecule has 0 bridgehead atoms. The van der Waals surface area contributed by atoms with E-state index in [-0.39, 0.29) is 7.92 Å². The summed E-state index contributed by atoms with van der Waals surface area (Å²) < 4.78 is 0. The number of hydrogen-bond acceptors (Lipinski definition) is 0. The molecule has 1 unspecified atom stereocenters. The van der Waals surface area contributed by atoms with Crippen LogP contribution in [0, 0.1) is 0 Å². The van der Waals surface area contributed by atoms with Crippen LogP contribution >= 0.6 is 7.92 Å². The van der Waals surface area contributed by atoms with Crippen LogP contribution in [0.1, 0.15) is 11.1 Å². The maximum Gasteiger partial charge on any atom is -0.000202 e. The van der Waals surface area contributed by atoms with Crippen molar-refractivity contribution in [2.24, 2.45) is 0 Å². The van der Waals surface area contributed by atoms with Gasteiger partial charge in [-0.3, -0.25) is 0 Å². The molecule has 0 radical (unpaired) electrons. The van der Waals surface area contributed by atoms with E-state index in [4.69, 9.17) is 0 Å². The Bertz CT molecular complexity index is 596. The fourth-order valence-electron chi connectivity index (χ4n) is 2.59. The highest BCUT2D eigenvalue weighted by Gasteiger charge is 2.43. The molecule has 0 aromatic heterocycles. The summed E-state index contributed by atoms with van der Waals surface area (Å²) in [4.78, 5) is 0. The van der Waals surface area contributed by atoms with Crippen molar-refractivity contribution in [3.63, 3.8) is 0 Å². The van der Waals surface area contributed by atoms with Crippen LogP contribution in [-0.2, 0) is 6.42 Å². The number of rotatable bonds is 1. The van der Waals surface area contributed by atoms with Gasteiger partial charge in [-0.25, -0.2) is 0 Å². The highest BCUT2D eigenvalue weighted by atomic mass is 31.1. The average Bonchev–Trinajstić information content (AvgIpc) is 2.94. The summed E-state index contributed by atoms with van der Waals surface area (Å²) in [6.07, 6.45) is 1.20. The first-order valence-corrected chi connectivity index (χ1v) is 6.96. The molecule has 1 heteroatoms. The highest BCUT2D eigenvalue weighted by Crippen LogP contribution is 2.77. The molecule has 1 aliphatic carbocycles. The maximum atomic E-state index is 2.28. The third-order valence-corrected chi connectivity index (χ3v) is 5.83. The lowest BCUT2D eigenvalue weighted by Crippen LogP contribution is -1.96. The van der Waals surface area contributed by atoms with E-state index >= 15 is 0 Å². The molecule has 0 saturated carbocycles. The van der Waals surface area contributed by atoms with Gasteiger partial charge in [0.1, 0.15) is 0 Å². The first-order valence-electron chi connectivity index (χ1n) is 5.62. The van der Waals surface area contributed by atoms with Crippen LogP contribution in [-0.4, -0.2) is 0 Å². The van der Waals surface area contributed by atoms with Crippen molar-refractivity contribution in [2.75, 3.05) is 0 Å². The van der Waals surface area contributed by atoms with Gasteiger partial charge in [-0.2, -0.15) is 0 Å². The molecule has 1 atom stereocenters. The standard InChI is InChI=1S/C15H11P/c1-2-7-12(8-3-1)16-14-10-11-6-4-5-9-13(11)15(14)16/h1-9H,10H2. The number of benzene rings is 2. The van der Waals surface area contributed by atoms with Crippen molar-refractivity contribution in [1.82, 2.24) is 0 Å². The fraction of sp³-hybridized carbons (Fsp3) is 0.0667. The van der Waals surface area contributed by atoms with Gasteiger partial charge in [0.15, 0.2) is 0 Å². The summed E-state index contributed by atoms with van der Waals surface area (Å²) in [5.41, 5.74) is 3.05. The monoisotopic (exact) mass is 222 g/mol. The number of allylic oxidation sites excluding steroid dienone is 1. The quantitative estimate of drug-likeness (QED) is 0.645. The Morgan fingerprint density at radius 2 is 1.56 bits per heavy atom. The van der Waals surface area contributed by atoms with Gasteiger partial charge in [0.25, 0.3) is 0 Å². The summed E-state index contributed by atoms with van der Waals surface area (Å²) in [5.74, 6) is 0. The van der Waals surface area contributed by atoms with Gasteiger partial charge < -0.3 is 0 Å². The summed E-state index contributed by atoms with van der Waals surface area (Å²) in [6.45, 7) is 0. The minimum atomic E-state index is -0.0368. The van der Waals surface area contributed by atoms with Crippen molar-refractivity contribution in [3.05, 3.63) is 71.0 Å². The van der Waals surface area contributed by atoms with Crippen LogP contribution in [0.4, 0.5) is 0 Å². The lowest BCUT2D eigenvalue weighted by molar-refractivity contribution is 1.29. The Morgan fingerprint density at radius 3 is 2.44 bits per heavy atom. The van der Waals surface area contributed by atoms with E-state index in [1.54, 1.807) is 10.6 Å². The van der Waals surface area contributed by atoms with Crippen molar-refractivity contribution in [1.29, 1.82) is 0 Å². The molecule has 0 fully saturated rings. The highest BCUT2D eigenvalue weighted by molar-refractivity contribution is 7.87. The van der Waals surface area contributed by atoms with E-state index in [9.17, 15) is 0 Å². The molecule has 1 aliphatic heterocycles. The molecule has 1 heterocycles. The largest absolute Gasteiger partial charge is 0.0622 e. The molecule has 2 aliphatic rings. The summed E-state index contributed by atoms with van der Waals surface area (Å²) >= 11 is 0. The number of fused-ring (bicyclic) bond motifs is 2. The zero-order valence-electron chi connectivity index (χ0n) is 8.85. The summed E-state index contributed by atoms with van der Waals surface area (Å²) in [6, 6.07) is 19.8. The van der Waals surface area contributed by atoms with Gasteiger partial charge >= 0.3 is 0 Å². The first-order chi connectivity index (χ1) is 7.95. The smallest absolute Gasteiger partial charge is 0.000202 e. The van der Waals surface area contributed by atoms with Gasteiger partial charge in [0, 0.05) is 0 Å². The van der Waals surface area contributed by atoms with Crippen LogP contribution in [0.3, 0.4) is 0 Å². The van der Waals surface area contributed by atoms with E-state index in [0.717, 1.165) is 0 Å². The molecule has 0 saturated heterocycles. The molecule has 0 nitrogen and oxygen atoms in total. The van der Waals surface area contributed by atoms with Gasteiger partial charge in [0.05, 0.1) is 0 Å². The Hall–Kier alpha value is -1.39. The summed E-state index contributed by atoms with van der Waals surface area (Å²) in [5, 5.41) is 4.90. The van der Waals surface area contributed by atoms with E-state index in [2.05, 4.69) is 54.6 Å². The Labute approximate surface area is 96.4 Å². The van der Waals surface area contributed by atoms with Crippen molar-refractivity contribution < 1.29 is 0 Å².